The average molecular weight is 475 g/mol. The minimum atomic E-state index is -0.373. The summed E-state index contributed by atoms with van der Waals surface area (Å²) in [5.41, 5.74) is 3.94. The molecule has 8 nitrogen and oxygen atoms in total. The summed E-state index contributed by atoms with van der Waals surface area (Å²) in [6, 6.07) is 12.5. The van der Waals surface area contributed by atoms with Gasteiger partial charge in [-0.2, -0.15) is 0 Å². The van der Waals surface area contributed by atoms with Crippen LogP contribution in [0.15, 0.2) is 42.5 Å². The Morgan fingerprint density at radius 2 is 1.62 bits per heavy atom. The predicted molar refractivity (Wildman–Crippen MR) is 126 cm³/mol. The van der Waals surface area contributed by atoms with Crippen molar-refractivity contribution in [3.8, 4) is 0 Å². The maximum Gasteiger partial charge on any atom is 0.261 e. The molecule has 5 rings (SSSR count). The van der Waals surface area contributed by atoms with Gasteiger partial charge in [0.25, 0.3) is 11.8 Å². The number of ketones is 1. The van der Waals surface area contributed by atoms with Crippen LogP contribution in [-0.4, -0.2) is 38.6 Å². The molecular weight excluding hydrogens is 452 g/mol. The summed E-state index contributed by atoms with van der Waals surface area (Å²) >= 11 is 1.09. The van der Waals surface area contributed by atoms with Crippen molar-refractivity contribution in [1.29, 1.82) is 0 Å². The van der Waals surface area contributed by atoms with E-state index in [0.29, 0.717) is 21.7 Å². The van der Waals surface area contributed by atoms with Crippen LogP contribution in [0.2, 0.25) is 0 Å². The van der Waals surface area contributed by atoms with Gasteiger partial charge >= 0.3 is 0 Å². The van der Waals surface area contributed by atoms with E-state index in [1.165, 1.54) is 17.5 Å². The average Bonchev–Trinajstić information content (AvgIpc) is 3.40. The smallest absolute Gasteiger partial charge is 0.261 e. The normalized spacial score (nSPS) is 14.6. The number of carbonyl (C=O) groups excluding carboxylic acids is 4. The summed E-state index contributed by atoms with van der Waals surface area (Å²) in [7, 11) is 0. The zero-order valence-corrected chi connectivity index (χ0v) is 19.2. The van der Waals surface area contributed by atoms with Gasteiger partial charge in [0.2, 0.25) is 11.0 Å². The van der Waals surface area contributed by atoms with Crippen LogP contribution in [0.4, 0.5) is 5.13 Å². The van der Waals surface area contributed by atoms with Gasteiger partial charge in [-0.15, -0.1) is 10.2 Å². The lowest BCUT2D eigenvalue weighted by molar-refractivity contribution is -0.116. The van der Waals surface area contributed by atoms with Crippen LogP contribution in [0, 0.1) is 0 Å². The van der Waals surface area contributed by atoms with Crippen molar-refractivity contribution in [2.45, 2.75) is 45.1 Å². The Bertz CT molecular complexity index is 1280. The Morgan fingerprint density at radius 1 is 0.912 bits per heavy atom. The first-order valence-corrected chi connectivity index (χ1v) is 12.0. The zero-order valence-electron chi connectivity index (χ0n) is 18.4. The molecule has 2 aliphatic rings. The molecule has 34 heavy (non-hydrogen) atoms. The van der Waals surface area contributed by atoms with Crippen LogP contribution in [0.5, 0.6) is 0 Å². The zero-order chi connectivity index (χ0) is 23.7. The van der Waals surface area contributed by atoms with E-state index in [1.54, 1.807) is 24.3 Å². The number of fused-ring (bicyclic) bond motifs is 2. The summed E-state index contributed by atoms with van der Waals surface area (Å²) < 4.78 is 0. The van der Waals surface area contributed by atoms with E-state index in [4.69, 9.17) is 0 Å². The number of anilines is 1. The molecule has 0 bridgehead atoms. The van der Waals surface area contributed by atoms with E-state index in [0.717, 1.165) is 35.5 Å². The molecule has 2 aromatic carbocycles. The molecular formula is C25H22N4O4S. The minimum absolute atomic E-state index is 0.0172. The molecule has 0 unspecified atom stereocenters. The summed E-state index contributed by atoms with van der Waals surface area (Å²) in [5, 5.41) is 11.3. The first-order chi connectivity index (χ1) is 16.5. The molecule has 3 aromatic rings. The van der Waals surface area contributed by atoms with Crippen molar-refractivity contribution in [3.63, 3.8) is 0 Å². The van der Waals surface area contributed by atoms with Crippen molar-refractivity contribution in [2.24, 2.45) is 0 Å². The third-order valence-electron chi connectivity index (χ3n) is 6.13. The van der Waals surface area contributed by atoms with E-state index in [2.05, 4.69) is 15.5 Å². The second kappa shape index (κ2) is 9.26. The highest BCUT2D eigenvalue weighted by Gasteiger charge is 2.35. The largest absolute Gasteiger partial charge is 0.301 e. The quantitative estimate of drug-likeness (QED) is 0.412. The third kappa shape index (κ3) is 4.38. The van der Waals surface area contributed by atoms with Gasteiger partial charge in [0.05, 0.1) is 17.7 Å². The Kier molecular flexibility index (Phi) is 6.02. The fourth-order valence-electron chi connectivity index (χ4n) is 4.35. The molecule has 0 spiro atoms. The summed E-state index contributed by atoms with van der Waals surface area (Å²) in [6.45, 7) is -0.0172. The fourth-order valence-corrected chi connectivity index (χ4v) is 5.09. The number of carbonyl (C=O) groups is 4. The van der Waals surface area contributed by atoms with Gasteiger partial charge in [0.1, 0.15) is 5.01 Å². The number of hydrogen-bond acceptors (Lipinski definition) is 7. The number of benzene rings is 2. The van der Waals surface area contributed by atoms with Crippen molar-refractivity contribution in [2.75, 3.05) is 5.32 Å². The van der Waals surface area contributed by atoms with Gasteiger partial charge in [-0.3, -0.25) is 24.1 Å². The van der Waals surface area contributed by atoms with Crippen LogP contribution in [0.25, 0.3) is 0 Å². The number of amides is 3. The predicted octanol–water partition coefficient (Wildman–Crippen LogP) is 3.81. The molecule has 1 aliphatic heterocycles. The lowest BCUT2D eigenvalue weighted by Crippen LogP contribution is -2.29. The number of nitrogens with one attached hydrogen (secondary N) is 1. The highest BCUT2D eigenvalue weighted by Crippen LogP contribution is 2.26. The topological polar surface area (TPSA) is 109 Å². The van der Waals surface area contributed by atoms with Crippen LogP contribution < -0.4 is 5.32 Å². The molecule has 1 N–H and O–H groups in total. The molecule has 9 heteroatoms. The Morgan fingerprint density at radius 3 is 2.35 bits per heavy atom. The van der Waals surface area contributed by atoms with Crippen molar-refractivity contribution in [3.05, 3.63) is 75.3 Å². The second-order valence-electron chi connectivity index (χ2n) is 8.40. The molecule has 1 aliphatic carbocycles. The fraction of sp³-hybridized carbons (Fsp3) is 0.280. The standard InChI is InChI=1S/C25H22N4O4S/c30-20(17-10-9-15-5-1-2-6-16(15)13-17)11-12-21(31)26-25-28-27-22(34-25)14-29-23(32)18-7-3-4-8-19(18)24(29)33/h3-4,7-10,13H,1-2,5-6,11-12,14H2,(H,26,28,31). The number of aryl methyl sites for hydroxylation is 2. The molecule has 0 saturated carbocycles. The third-order valence-corrected chi connectivity index (χ3v) is 6.96. The van der Waals surface area contributed by atoms with Crippen LogP contribution in [0.3, 0.4) is 0 Å². The summed E-state index contributed by atoms with van der Waals surface area (Å²) in [5.74, 6) is -1.15. The summed E-state index contributed by atoms with van der Waals surface area (Å²) in [6.07, 6.45) is 4.52. The summed E-state index contributed by atoms with van der Waals surface area (Å²) in [4.78, 5) is 51.0. The van der Waals surface area contributed by atoms with Gasteiger partial charge in [0, 0.05) is 18.4 Å². The maximum absolute atomic E-state index is 12.6. The first kappa shape index (κ1) is 22.1. The number of Topliss-reactive ketones (excluding diaryl/α,β-unsaturated/α-hetero) is 1. The number of hydrogen-bond donors (Lipinski definition) is 1. The van der Waals surface area contributed by atoms with Crippen molar-refractivity contribution >= 4 is 40.0 Å². The number of imide groups is 1. The Labute approximate surface area is 200 Å². The van der Waals surface area contributed by atoms with E-state index in [9.17, 15) is 19.2 Å². The van der Waals surface area contributed by atoms with E-state index in [-0.39, 0.29) is 48.0 Å². The SMILES string of the molecule is O=C(CCC(=O)c1ccc2c(c1)CCCC2)Nc1nnc(CN2C(=O)c3ccccc3C2=O)s1. The molecule has 1 aromatic heterocycles. The molecule has 0 saturated heterocycles. The maximum atomic E-state index is 12.6. The van der Waals surface area contributed by atoms with Gasteiger partial charge in [-0.05, 0) is 55.0 Å². The van der Waals surface area contributed by atoms with Gasteiger partial charge in [-0.1, -0.05) is 35.6 Å². The Balaban J connectivity index is 1.15. The number of rotatable bonds is 7. The molecule has 2 heterocycles. The van der Waals surface area contributed by atoms with Gasteiger partial charge < -0.3 is 5.32 Å². The van der Waals surface area contributed by atoms with Crippen LogP contribution in [-0.2, 0) is 24.2 Å². The van der Waals surface area contributed by atoms with Gasteiger partial charge in [-0.25, -0.2) is 0 Å². The monoisotopic (exact) mass is 474 g/mol. The lowest BCUT2D eigenvalue weighted by Gasteiger charge is -2.16. The number of nitrogens with zero attached hydrogens (tertiary/aromatic N) is 3. The highest BCUT2D eigenvalue weighted by molar-refractivity contribution is 7.15. The van der Waals surface area contributed by atoms with Crippen LogP contribution >= 0.6 is 11.3 Å². The highest BCUT2D eigenvalue weighted by atomic mass is 32.1. The molecule has 3 amide bonds. The minimum Gasteiger partial charge on any atom is -0.301 e. The molecule has 0 fully saturated rings. The van der Waals surface area contributed by atoms with E-state index < -0.39 is 0 Å². The van der Waals surface area contributed by atoms with Crippen LogP contribution in [0.1, 0.15) is 72.9 Å². The molecule has 172 valence electrons. The van der Waals surface area contributed by atoms with Crippen molar-refractivity contribution in [1.82, 2.24) is 15.1 Å². The van der Waals surface area contributed by atoms with Crippen molar-refractivity contribution < 1.29 is 19.2 Å². The number of aromatic nitrogens is 2. The molecule has 0 atom stereocenters. The van der Waals surface area contributed by atoms with E-state index in [1.807, 2.05) is 18.2 Å². The lowest BCUT2D eigenvalue weighted by atomic mass is 9.89. The van der Waals surface area contributed by atoms with E-state index >= 15 is 0 Å². The molecule has 0 radical (unpaired) electrons. The Hall–Kier alpha value is -3.72. The van der Waals surface area contributed by atoms with Gasteiger partial charge in [0.15, 0.2) is 5.78 Å². The first-order valence-electron chi connectivity index (χ1n) is 11.2. The second-order valence-corrected chi connectivity index (χ2v) is 9.47.